The largest absolute Gasteiger partial charge is 0.477 e. The summed E-state index contributed by atoms with van der Waals surface area (Å²) in [6.07, 6.45) is 3.28. The maximum atomic E-state index is 5.86. The number of nitrogens with two attached hydrogens (primary N) is 2. The molecule has 0 bridgehead atoms. The van der Waals surface area contributed by atoms with Crippen molar-refractivity contribution in [1.82, 2.24) is 19.7 Å². The van der Waals surface area contributed by atoms with Crippen LogP contribution in [0.15, 0.2) is 18.5 Å². The summed E-state index contributed by atoms with van der Waals surface area (Å²) < 4.78 is 7.50. The van der Waals surface area contributed by atoms with E-state index in [1.54, 1.807) is 30.2 Å². The van der Waals surface area contributed by atoms with Gasteiger partial charge in [0.15, 0.2) is 5.82 Å². The van der Waals surface area contributed by atoms with Crippen LogP contribution in [0.5, 0.6) is 5.88 Å². The predicted octanol–water partition coefficient (Wildman–Crippen LogP) is 1.67. The Labute approximate surface area is 142 Å². The van der Waals surface area contributed by atoms with E-state index in [1.807, 2.05) is 13.8 Å². The van der Waals surface area contributed by atoms with Crippen LogP contribution in [0.1, 0.15) is 13.8 Å². The number of ether oxygens (including phenoxy) is 1. The molecule has 0 aromatic carbocycles. The van der Waals surface area contributed by atoms with Crippen LogP contribution in [0.2, 0.25) is 0 Å². The van der Waals surface area contributed by atoms with Crippen LogP contribution in [-0.2, 0) is 7.05 Å². The monoisotopic (exact) mass is 348 g/mol. The minimum Gasteiger partial charge on any atom is -0.477 e. The lowest BCUT2D eigenvalue weighted by molar-refractivity contribution is 0.175. The molecule has 2 heterocycles. The molecule has 0 aliphatic rings. The van der Waals surface area contributed by atoms with E-state index < -0.39 is 0 Å². The fraction of sp³-hybridized carbons (Fsp3) is 0.462. The van der Waals surface area contributed by atoms with Crippen LogP contribution < -0.4 is 16.2 Å². The number of hydrogen-bond acceptors (Lipinski definition) is 6. The average Bonchev–Trinajstić information content (AvgIpc) is 2.78. The summed E-state index contributed by atoms with van der Waals surface area (Å²) in [5.41, 5.74) is 12.0. The van der Waals surface area contributed by atoms with Gasteiger partial charge in [-0.1, -0.05) is 13.8 Å². The van der Waals surface area contributed by atoms with Gasteiger partial charge in [0.2, 0.25) is 5.88 Å². The van der Waals surface area contributed by atoms with Crippen molar-refractivity contribution < 1.29 is 4.74 Å². The number of halogens is 2. The molecule has 4 N–H and O–H groups in total. The second kappa shape index (κ2) is 8.17. The highest BCUT2D eigenvalue weighted by molar-refractivity contribution is 5.85. The molecule has 9 heteroatoms. The van der Waals surface area contributed by atoms with Gasteiger partial charge in [-0.3, -0.25) is 0 Å². The summed E-state index contributed by atoms with van der Waals surface area (Å²) in [4.78, 5) is 8.39. The Morgan fingerprint density at radius 3 is 2.59 bits per heavy atom. The van der Waals surface area contributed by atoms with Gasteiger partial charge < -0.3 is 16.2 Å². The maximum Gasteiger partial charge on any atom is 0.222 e. The van der Waals surface area contributed by atoms with Crippen LogP contribution in [0.25, 0.3) is 11.4 Å². The van der Waals surface area contributed by atoms with Crippen molar-refractivity contribution in [1.29, 1.82) is 0 Å². The van der Waals surface area contributed by atoms with Crippen molar-refractivity contribution >= 4 is 30.6 Å². The third-order valence-electron chi connectivity index (χ3n) is 2.95. The third kappa shape index (κ3) is 4.72. The van der Waals surface area contributed by atoms with Crippen LogP contribution in [-0.4, -0.2) is 32.9 Å². The Kier molecular flexibility index (Phi) is 7.58. The minimum atomic E-state index is -0.113. The van der Waals surface area contributed by atoms with Crippen molar-refractivity contribution in [2.45, 2.75) is 13.8 Å². The lowest BCUT2D eigenvalue weighted by atomic mass is 9.95. The van der Waals surface area contributed by atoms with Gasteiger partial charge >= 0.3 is 0 Å². The summed E-state index contributed by atoms with van der Waals surface area (Å²) >= 11 is 0. The molecule has 2 aromatic rings. The highest BCUT2D eigenvalue weighted by Crippen LogP contribution is 2.28. The molecular formula is C13H22Cl2N6O. The molecule has 0 aliphatic heterocycles. The van der Waals surface area contributed by atoms with E-state index in [0.29, 0.717) is 36.2 Å². The quantitative estimate of drug-likeness (QED) is 0.851. The Bertz CT molecular complexity index is 602. The van der Waals surface area contributed by atoms with Gasteiger partial charge in [-0.15, -0.1) is 24.8 Å². The highest BCUT2D eigenvalue weighted by atomic mass is 35.5. The van der Waals surface area contributed by atoms with Gasteiger partial charge in [0, 0.05) is 25.2 Å². The van der Waals surface area contributed by atoms with E-state index in [4.69, 9.17) is 16.2 Å². The number of anilines is 1. The first-order valence-electron chi connectivity index (χ1n) is 6.37. The normalized spacial score (nSPS) is 10.5. The fourth-order valence-corrected chi connectivity index (χ4v) is 1.58. The highest BCUT2D eigenvalue weighted by Gasteiger charge is 2.20. The molecule has 0 unspecified atom stereocenters. The molecule has 2 aromatic heterocycles. The van der Waals surface area contributed by atoms with Crippen molar-refractivity contribution in [2.24, 2.45) is 18.2 Å². The molecule has 0 atom stereocenters. The topological polar surface area (TPSA) is 105 Å². The molecule has 22 heavy (non-hydrogen) atoms. The summed E-state index contributed by atoms with van der Waals surface area (Å²) in [6.45, 7) is 5.10. The maximum absolute atomic E-state index is 5.86. The molecule has 124 valence electrons. The zero-order valence-corrected chi connectivity index (χ0v) is 14.4. The summed E-state index contributed by atoms with van der Waals surface area (Å²) in [5, 5.41) is 4.19. The number of nitrogens with zero attached hydrogens (tertiary/aromatic N) is 4. The number of aromatic nitrogens is 4. The van der Waals surface area contributed by atoms with Crippen molar-refractivity contribution in [3.63, 3.8) is 0 Å². The molecule has 0 radical (unpaired) electrons. The molecule has 0 fully saturated rings. The molecule has 0 amide bonds. The first kappa shape index (κ1) is 20.4. The van der Waals surface area contributed by atoms with Crippen LogP contribution in [0, 0.1) is 5.41 Å². The molecular weight excluding hydrogens is 327 g/mol. The zero-order valence-electron chi connectivity index (χ0n) is 12.8. The number of hydrogen-bond donors (Lipinski definition) is 2. The first-order chi connectivity index (χ1) is 9.43. The van der Waals surface area contributed by atoms with E-state index in [-0.39, 0.29) is 30.2 Å². The SMILES string of the molecule is Cl.Cl.Cn1ncc(-c2nccc(N)n2)c1OCC(C)(C)CN. The van der Waals surface area contributed by atoms with Gasteiger partial charge in [0.1, 0.15) is 11.4 Å². The molecule has 0 saturated heterocycles. The predicted molar refractivity (Wildman–Crippen MR) is 91.5 cm³/mol. The van der Waals surface area contributed by atoms with E-state index in [2.05, 4.69) is 15.1 Å². The van der Waals surface area contributed by atoms with Gasteiger partial charge in [0.25, 0.3) is 0 Å². The Balaban J connectivity index is 0.00000220. The van der Waals surface area contributed by atoms with Crippen molar-refractivity contribution in [3.05, 3.63) is 18.5 Å². The van der Waals surface area contributed by atoms with E-state index in [1.165, 1.54) is 0 Å². The van der Waals surface area contributed by atoms with Crippen LogP contribution in [0.4, 0.5) is 5.82 Å². The van der Waals surface area contributed by atoms with Crippen LogP contribution in [0.3, 0.4) is 0 Å². The molecule has 0 saturated carbocycles. The van der Waals surface area contributed by atoms with Crippen molar-refractivity contribution in [3.8, 4) is 17.3 Å². The van der Waals surface area contributed by atoms with Gasteiger partial charge in [-0.25, -0.2) is 14.6 Å². The average molecular weight is 349 g/mol. The molecule has 0 aliphatic carbocycles. The van der Waals surface area contributed by atoms with E-state index >= 15 is 0 Å². The molecule has 7 nitrogen and oxygen atoms in total. The summed E-state index contributed by atoms with van der Waals surface area (Å²) in [6, 6.07) is 1.64. The van der Waals surface area contributed by atoms with Gasteiger partial charge in [-0.2, -0.15) is 5.10 Å². The Morgan fingerprint density at radius 2 is 2.00 bits per heavy atom. The Hall–Kier alpha value is -1.57. The lowest BCUT2D eigenvalue weighted by Gasteiger charge is -2.22. The number of nitrogen functional groups attached to an aromatic ring is 1. The van der Waals surface area contributed by atoms with Crippen LogP contribution >= 0.6 is 24.8 Å². The lowest BCUT2D eigenvalue weighted by Crippen LogP contribution is -2.30. The minimum absolute atomic E-state index is 0. The second-order valence-electron chi connectivity index (χ2n) is 5.45. The van der Waals surface area contributed by atoms with Gasteiger partial charge in [-0.05, 0) is 6.07 Å². The standard InChI is InChI=1S/C13H20N6O.2ClH/c1-13(2,7-14)8-20-12-9(6-17-19(12)3)11-16-5-4-10(15)18-11;;/h4-6H,7-8,14H2,1-3H3,(H2,15,16,18);2*1H. The molecule has 2 rings (SSSR count). The third-order valence-corrected chi connectivity index (χ3v) is 2.95. The summed E-state index contributed by atoms with van der Waals surface area (Å²) in [7, 11) is 1.81. The smallest absolute Gasteiger partial charge is 0.222 e. The van der Waals surface area contributed by atoms with E-state index in [0.717, 1.165) is 0 Å². The molecule has 0 spiro atoms. The second-order valence-corrected chi connectivity index (χ2v) is 5.45. The zero-order chi connectivity index (χ0) is 14.8. The van der Waals surface area contributed by atoms with Crippen molar-refractivity contribution in [2.75, 3.05) is 18.9 Å². The Morgan fingerprint density at radius 1 is 1.32 bits per heavy atom. The van der Waals surface area contributed by atoms with E-state index in [9.17, 15) is 0 Å². The number of rotatable bonds is 5. The van der Waals surface area contributed by atoms with Gasteiger partial charge in [0.05, 0.1) is 12.8 Å². The first-order valence-corrected chi connectivity index (χ1v) is 6.37. The fourth-order valence-electron chi connectivity index (χ4n) is 1.58. The number of aryl methyl sites for hydroxylation is 1. The summed E-state index contributed by atoms with van der Waals surface area (Å²) in [5.74, 6) is 1.52.